The van der Waals surface area contributed by atoms with Crippen LogP contribution in [0.4, 0.5) is 11.8 Å². The summed E-state index contributed by atoms with van der Waals surface area (Å²) >= 11 is 6.92. The van der Waals surface area contributed by atoms with Crippen LogP contribution in [0.15, 0.2) is 59.0 Å². The van der Waals surface area contributed by atoms with E-state index in [1.54, 1.807) is 18.5 Å². The summed E-state index contributed by atoms with van der Waals surface area (Å²) in [5.41, 5.74) is 2.40. The van der Waals surface area contributed by atoms with Gasteiger partial charge in [0.05, 0.1) is 0 Å². The molecule has 7 nitrogen and oxygen atoms in total. The first kappa shape index (κ1) is 22.4. The fourth-order valence-electron chi connectivity index (χ4n) is 3.55. The maximum absolute atomic E-state index is 5.51. The number of benzene rings is 1. The average Bonchev–Trinajstić information content (AvgIpc) is 2.79. The number of aromatic nitrogens is 4. The summed E-state index contributed by atoms with van der Waals surface area (Å²) in [6.45, 7) is 6.97. The molecular weight excluding hydrogens is 438 g/mol. The minimum atomic E-state index is 0.473. The van der Waals surface area contributed by atoms with Crippen molar-refractivity contribution in [2.24, 2.45) is 5.92 Å². The highest BCUT2D eigenvalue weighted by Gasteiger charge is 2.20. The number of thiocarbonyl (C=S) groups is 1. The summed E-state index contributed by atoms with van der Waals surface area (Å²) < 4.78 is 0. The Balaban J connectivity index is 1.50. The van der Waals surface area contributed by atoms with Crippen LogP contribution in [0.1, 0.15) is 30.9 Å². The van der Waals surface area contributed by atoms with E-state index >= 15 is 0 Å². The third-order valence-electron chi connectivity index (χ3n) is 5.21. The summed E-state index contributed by atoms with van der Waals surface area (Å²) in [6.07, 6.45) is 5.87. The molecule has 1 atom stereocenters. The molecule has 0 amide bonds. The Morgan fingerprint density at radius 2 is 1.97 bits per heavy atom. The molecule has 3 aromatic rings. The number of piperidine rings is 1. The Morgan fingerprint density at radius 3 is 2.72 bits per heavy atom. The molecule has 0 aliphatic carbocycles. The number of rotatable bonds is 6. The predicted octanol–water partition coefficient (Wildman–Crippen LogP) is 4.45. The third-order valence-corrected chi connectivity index (χ3v) is 6.27. The van der Waals surface area contributed by atoms with E-state index in [4.69, 9.17) is 17.2 Å². The van der Waals surface area contributed by atoms with E-state index < -0.39 is 0 Å². The van der Waals surface area contributed by atoms with Gasteiger partial charge in [-0.15, -0.1) is 0 Å². The standard InChI is InChI=1S/C23H27N7S2/c1-16-6-8-18(9-7-16)14-26-22(31)29-21-27-19(30-12-3-5-17(2)15-30)13-20(28-21)32-23-24-10-4-11-25-23/h4,6-11,13,17H,3,5,12,14-15H2,1-2H3,(H2,26,27,28,29,31)/t17-/m1/s1. The topological polar surface area (TPSA) is 78.9 Å². The number of nitrogens with one attached hydrogen (secondary N) is 2. The number of nitrogens with zero attached hydrogens (tertiary/aromatic N) is 5. The van der Waals surface area contributed by atoms with Crippen LogP contribution in [-0.2, 0) is 6.54 Å². The quantitative estimate of drug-likeness (QED) is 0.312. The largest absolute Gasteiger partial charge is 0.358 e. The third kappa shape index (κ3) is 6.37. The highest BCUT2D eigenvalue weighted by molar-refractivity contribution is 7.99. The van der Waals surface area contributed by atoms with E-state index in [9.17, 15) is 0 Å². The molecule has 1 saturated heterocycles. The minimum absolute atomic E-state index is 0.473. The number of aryl methyl sites for hydroxylation is 1. The van der Waals surface area contributed by atoms with Crippen molar-refractivity contribution in [3.63, 3.8) is 0 Å². The Labute approximate surface area is 198 Å². The molecule has 0 radical (unpaired) electrons. The van der Waals surface area contributed by atoms with Crippen LogP contribution in [0.3, 0.4) is 0 Å². The first-order valence-corrected chi connectivity index (χ1v) is 12.0. The van der Waals surface area contributed by atoms with Gasteiger partial charge in [-0.25, -0.2) is 15.0 Å². The molecule has 32 heavy (non-hydrogen) atoms. The molecular formula is C23H27N7S2. The van der Waals surface area contributed by atoms with Crippen molar-refractivity contribution in [3.05, 3.63) is 59.9 Å². The molecule has 0 saturated carbocycles. The lowest BCUT2D eigenvalue weighted by Crippen LogP contribution is -2.35. The second kappa shape index (κ2) is 10.7. The summed E-state index contributed by atoms with van der Waals surface area (Å²) in [4.78, 5) is 20.4. The molecule has 0 bridgehead atoms. The first-order chi connectivity index (χ1) is 15.5. The molecule has 2 aromatic heterocycles. The Morgan fingerprint density at radius 1 is 1.19 bits per heavy atom. The van der Waals surface area contributed by atoms with Gasteiger partial charge in [0.15, 0.2) is 10.3 Å². The number of hydrogen-bond donors (Lipinski definition) is 2. The Kier molecular flexibility index (Phi) is 7.49. The van der Waals surface area contributed by atoms with Gasteiger partial charge in [0.2, 0.25) is 5.95 Å². The van der Waals surface area contributed by atoms with E-state index in [0.29, 0.717) is 28.7 Å². The molecule has 1 aromatic carbocycles. The molecule has 166 valence electrons. The fourth-order valence-corrected chi connectivity index (χ4v) is 4.42. The van der Waals surface area contributed by atoms with Crippen LogP contribution in [0.25, 0.3) is 0 Å². The van der Waals surface area contributed by atoms with E-state index in [1.807, 2.05) is 6.07 Å². The smallest absolute Gasteiger partial charge is 0.232 e. The maximum atomic E-state index is 5.51. The minimum Gasteiger partial charge on any atom is -0.358 e. The van der Waals surface area contributed by atoms with Gasteiger partial charge in [-0.1, -0.05) is 36.8 Å². The molecule has 1 aliphatic rings. The van der Waals surface area contributed by atoms with Gasteiger partial charge in [0, 0.05) is 38.1 Å². The van der Waals surface area contributed by atoms with Crippen molar-refractivity contribution in [1.82, 2.24) is 25.3 Å². The van der Waals surface area contributed by atoms with Gasteiger partial charge in [0.1, 0.15) is 10.8 Å². The summed E-state index contributed by atoms with van der Waals surface area (Å²) in [7, 11) is 0. The number of anilines is 2. The first-order valence-electron chi connectivity index (χ1n) is 10.7. The van der Waals surface area contributed by atoms with E-state index in [0.717, 1.165) is 35.9 Å². The molecule has 4 rings (SSSR count). The Hall–Kier alpha value is -2.78. The summed E-state index contributed by atoms with van der Waals surface area (Å²) in [5, 5.41) is 8.31. The van der Waals surface area contributed by atoms with Crippen molar-refractivity contribution in [1.29, 1.82) is 0 Å². The highest BCUT2D eigenvalue weighted by atomic mass is 32.2. The molecule has 9 heteroatoms. The summed E-state index contributed by atoms with van der Waals surface area (Å²) in [6, 6.07) is 12.2. The lowest BCUT2D eigenvalue weighted by Gasteiger charge is -2.32. The zero-order chi connectivity index (χ0) is 22.3. The van der Waals surface area contributed by atoms with Gasteiger partial charge >= 0.3 is 0 Å². The van der Waals surface area contributed by atoms with Gasteiger partial charge in [0.25, 0.3) is 0 Å². The Bertz CT molecular complexity index is 1040. The maximum Gasteiger partial charge on any atom is 0.232 e. The number of hydrogen-bond acceptors (Lipinski definition) is 7. The molecule has 0 spiro atoms. The molecule has 0 unspecified atom stereocenters. The zero-order valence-corrected chi connectivity index (χ0v) is 19.9. The van der Waals surface area contributed by atoms with Gasteiger partial charge in [-0.3, -0.25) is 0 Å². The van der Waals surface area contributed by atoms with Crippen molar-refractivity contribution >= 4 is 40.9 Å². The van der Waals surface area contributed by atoms with Crippen molar-refractivity contribution in [2.75, 3.05) is 23.3 Å². The second-order valence-electron chi connectivity index (χ2n) is 8.01. The van der Waals surface area contributed by atoms with Gasteiger partial charge in [-0.05, 0) is 61.3 Å². The zero-order valence-electron chi connectivity index (χ0n) is 18.3. The van der Waals surface area contributed by atoms with E-state index in [1.165, 1.54) is 23.7 Å². The monoisotopic (exact) mass is 465 g/mol. The summed E-state index contributed by atoms with van der Waals surface area (Å²) in [5.74, 6) is 2.01. The second-order valence-corrected chi connectivity index (χ2v) is 9.40. The van der Waals surface area contributed by atoms with Crippen LogP contribution in [0, 0.1) is 12.8 Å². The van der Waals surface area contributed by atoms with E-state index in [-0.39, 0.29) is 0 Å². The highest BCUT2D eigenvalue weighted by Crippen LogP contribution is 2.29. The van der Waals surface area contributed by atoms with Crippen molar-refractivity contribution < 1.29 is 0 Å². The normalized spacial score (nSPS) is 15.9. The van der Waals surface area contributed by atoms with Gasteiger partial charge < -0.3 is 15.5 Å². The SMILES string of the molecule is Cc1ccc(CNC(=S)Nc2nc(Sc3ncccn3)cc(N3CCC[C@@H](C)C3)n2)cc1. The van der Waals surface area contributed by atoms with Crippen LogP contribution in [-0.4, -0.2) is 38.1 Å². The van der Waals surface area contributed by atoms with Crippen LogP contribution >= 0.6 is 24.0 Å². The predicted molar refractivity (Wildman–Crippen MR) is 133 cm³/mol. The van der Waals surface area contributed by atoms with Crippen molar-refractivity contribution in [2.45, 2.75) is 43.4 Å². The molecule has 1 fully saturated rings. The lowest BCUT2D eigenvalue weighted by atomic mass is 10.0. The van der Waals surface area contributed by atoms with E-state index in [2.05, 4.69) is 68.6 Å². The molecule has 2 N–H and O–H groups in total. The fraction of sp³-hybridized carbons (Fsp3) is 0.348. The molecule has 3 heterocycles. The van der Waals surface area contributed by atoms with Crippen LogP contribution < -0.4 is 15.5 Å². The average molecular weight is 466 g/mol. The van der Waals surface area contributed by atoms with Crippen LogP contribution in [0.5, 0.6) is 0 Å². The molecule has 1 aliphatic heterocycles. The van der Waals surface area contributed by atoms with Gasteiger partial charge in [-0.2, -0.15) is 4.98 Å². The van der Waals surface area contributed by atoms with Crippen LogP contribution in [0.2, 0.25) is 0 Å². The van der Waals surface area contributed by atoms with Crippen molar-refractivity contribution in [3.8, 4) is 0 Å². The lowest BCUT2D eigenvalue weighted by molar-refractivity contribution is 0.444.